The normalized spacial score (nSPS) is 46.3. The monoisotopic (exact) mass is 396 g/mol. The number of hydrogen-bond donors (Lipinski definition) is 0. The van der Waals surface area contributed by atoms with Crippen molar-refractivity contribution < 1.29 is 0 Å². The average Bonchev–Trinajstić information content (AvgIpc) is 2.52. The molecule has 0 aromatic rings. The highest BCUT2D eigenvalue weighted by molar-refractivity contribution is 14.1. The van der Waals surface area contributed by atoms with Crippen LogP contribution in [0.5, 0.6) is 0 Å². The van der Waals surface area contributed by atoms with E-state index in [-0.39, 0.29) is 0 Å². The molecule has 1 heteroatoms. The van der Waals surface area contributed by atoms with Crippen LogP contribution in [0.2, 0.25) is 0 Å². The molecule has 0 radical (unpaired) electrons. The minimum Gasteiger partial charge on any atom is -0.103 e. The molecule has 0 bridgehead atoms. The van der Waals surface area contributed by atoms with Crippen molar-refractivity contribution in [3.05, 3.63) is 23.8 Å². The Balaban J connectivity index is 1.41. The molecule has 116 valence electrons. The van der Waals surface area contributed by atoms with E-state index < -0.39 is 0 Å². The van der Waals surface area contributed by atoms with Gasteiger partial charge in [-0.15, -0.1) is 6.58 Å². The molecule has 0 heterocycles. The minimum atomic E-state index is 0.791. The molecule has 0 amide bonds. The molecule has 0 aromatic carbocycles. The SMILES string of the molecule is C=CC1CCC2=C(C1)C1CC(C3CCC(I)CC3)CCC21. The van der Waals surface area contributed by atoms with Crippen LogP contribution in [0.25, 0.3) is 0 Å². The molecule has 0 N–H and O–H groups in total. The Morgan fingerprint density at radius 2 is 1.62 bits per heavy atom. The van der Waals surface area contributed by atoms with Crippen molar-refractivity contribution in [3.63, 3.8) is 0 Å². The molecule has 0 aromatic heterocycles. The summed E-state index contributed by atoms with van der Waals surface area (Å²) in [7, 11) is 0. The maximum absolute atomic E-state index is 4.04. The Bertz CT molecular complexity index is 441. The van der Waals surface area contributed by atoms with E-state index in [1.807, 2.05) is 11.1 Å². The van der Waals surface area contributed by atoms with Gasteiger partial charge in [0.2, 0.25) is 0 Å². The molecule has 4 aliphatic rings. The van der Waals surface area contributed by atoms with E-state index in [0.717, 1.165) is 33.5 Å². The van der Waals surface area contributed by atoms with Crippen molar-refractivity contribution in [3.8, 4) is 0 Å². The topological polar surface area (TPSA) is 0 Å². The highest BCUT2D eigenvalue weighted by Crippen LogP contribution is 2.58. The predicted octanol–water partition coefficient (Wildman–Crippen LogP) is 6.31. The van der Waals surface area contributed by atoms with Crippen molar-refractivity contribution in [1.29, 1.82) is 0 Å². The molecule has 2 saturated carbocycles. The van der Waals surface area contributed by atoms with Gasteiger partial charge >= 0.3 is 0 Å². The van der Waals surface area contributed by atoms with Crippen molar-refractivity contribution in [2.24, 2.45) is 29.6 Å². The minimum absolute atomic E-state index is 0.791. The second kappa shape index (κ2) is 6.02. The summed E-state index contributed by atoms with van der Waals surface area (Å²) >= 11 is 2.67. The lowest BCUT2D eigenvalue weighted by Gasteiger charge is -2.52. The molecule has 0 spiro atoms. The van der Waals surface area contributed by atoms with Crippen LogP contribution in [0.1, 0.15) is 64.2 Å². The van der Waals surface area contributed by atoms with Crippen molar-refractivity contribution >= 4 is 22.6 Å². The second-order valence-corrected chi connectivity index (χ2v) is 9.85. The number of allylic oxidation sites excluding steroid dienone is 3. The van der Waals surface area contributed by atoms with Gasteiger partial charge in [0, 0.05) is 3.92 Å². The summed E-state index contributed by atoms with van der Waals surface area (Å²) in [5.41, 5.74) is 3.82. The maximum Gasteiger partial charge on any atom is 0.0110 e. The molecule has 0 aliphatic heterocycles. The largest absolute Gasteiger partial charge is 0.103 e. The van der Waals surface area contributed by atoms with Gasteiger partial charge in [0.25, 0.3) is 0 Å². The van der Waals surface area contributed by atoms with Crippen molar-refractivity contribution in [2.45, 2.75) is 68.1 Å². The van der Waals surface area contributed by atoms with Gasteiger partial charge in [-0.05, 0) is 93.8 Å². The lowest BCUT2D eigenvalue weighted by molar-refractivity contribution is 0.116. The first-order chi connectivity index (χ1) is 10.3. The van der Waals surface area contributed by atoms with E-state index in [2.05, 4.69) is 35.2 Å². The Morgan fingerprint density at radius 1 is 0.857 bits per heavy atom. The summed E-state index contributed by atoms with van der Waals surface area (Å²) in [5.74, 6) is 4.94. The molecular weight excluding hydrogens is 367 g/mol. The Kier molecular flexibility index (Phi) is 4.23. The molecule has 2 fully saturated rings. The van der Waals surface area contributed by atoms with E-state index in [9.17, 15) is 0 Å². The van der Waals surface area contributed by atoms with E-state index in [4.69, 9.17) is 0 Å². The van der Waals surface area contributed by atoms with Crippen LogP contribution in [0.15, 0.2) is 23.8 Å². The average molecular weight is 396 g/mol. The smallest absolute Gasteiger partial charge is 0.0110 e. The van der Waals surface area contributed by atoms with Crippen LogP contribution < -0.4 is 0 Å². The molecule has 4 atom stereocenters. The zero-order valence-corrected chi connectivity index (χ0v) is 15.4. The first-order valence-electron chi connectivity index (χ1n) is 9.24. The summed E-state index contributed by atoms with van der Waals surface area (Å²) in [6.45, 7) is 4.04. The predicted molar refractivity (Wildman–Crippen MR) is 98.7 cm³/mol. The van der Waals surface area contributed by atoms with Gasteiger partial charge in [0.15, 0.2) is 0 Å². The number of rotatable bonds is 2. The quantitative estimate of drug-likeness (QED) is 0.292. The third-order valence-corrected chi connectivity index (χ3v) is 8.41. The lowest BCUT2D eigenvalue weighted by atomic mass is 9.53. The van der Waals surface area contributed by atoms with Crippen LogP contribution in [0.4, 0.5) is 0 Å². The summed E-state index contributed by atoms with van der Waals surface area (Å²) in [6, 6.07) is 0. The first-order valence-corrected chi connectivity index (χ1v) is 10.5. The molecule has 21 heavy (non-hydrogen) atoms. The van der Waals surface area contributed by atoms with Gasteiger partial charge < -0.3 is 0 Å². The number of alkyl halides is 1. The van der Waals surface area contributed by atoms with E-state index in [1.165, 1.54) is 51.4 Å². The van der Waals surface area contributed by atoms with Gasteiger partial charge in [-0.25, -0.2) is 0 Å². The third kappa shape index (κ3) is 2.66. The van der Waals surface area contributed by atoms with Crippen molar-refractivity contribution in [2.75, 3.05) is 0 Å². The molecule has 4 unspecified atom stereocenters. The van der Waals surface area contributed by atoms with Crippen LogP contribution in [-0.4, -0.2) is 3.92 Å². The van der Waals surface area contributed by atoms with Crippen LogP contribution >= 0.6 is 22.6 Å². The Hall–Kier alpha value is 0.210. The van der Waals surface area contributed by atoms with Crippen LogP contribution in [-0.2, 0) is 0 Å². The summed E-state index contributed by atoms with van der Waals surface area (Å²) < 4.78 is 0.972. The second-order valence-electron chi connectivity index (χ2n) is 8.09. The van der Waals surface area contributed by atoms with E-state index >= 15 is 0 Å². The zero-order valence-electron chi connectivity index (χ0n) is 13.2. The fourth-order valence-electron chi connectivity index (χ4n) is 5.92. The lowest BCUT2D eigenvalue weighted by Crippen LogP contribution is -2.41. The molecule has 4 rings (SSSR count). The third-order valence-electron chi connectivity index (χ3n) is 7.17. The number of hydrogen-bond acceptors (Lipinski definition) is 0. The summed E-state index contributed by atoms with van der Waals surface area (Å²) in [4.78, 5) is 0. The summed E-state index contributed by atoms with van der Waals surface area (Å²) in [5, 5.41) is 0. The van der Waals surface area contributed by atoms with Gasteiger partial charge in [-0.3, -0.25) is 0 Å². The molecule has 0 nitrogen and oxygen atoms in total. The highest BCUT2D eigenvalue weighted by Gasteiger charge is 2.46. The highest BCUT2D eigenvalue weighted by atomic mass is 127. The maximum atomic E-state index is 4.04. The van der Waals surface area contributed by atoms with E-state index in [1.54, 1.807) is 12.8 Å². The van der Waals surface area contributed by atoms with Gasteiger partial charge in [0.1, 0.15) is 0 Å². The van der Waals surface area contributed by atoms with Crippen LogP contribution in [0, 0.1) is 29.6 Å². The van der Waals surface area contributed by atoms with Crippen LogP contribution in [0.3, 0.4) is 0 Å². The Morgan fingerprint density at radius 3 is 2.38 bits per heavy atom. The molecule has 0 saturated heterocycles. The number of halogens is 1. The first kappa shape index (κ1) is 14.8. The fourth-order valence-corrected chi connectivity index (χ4v) is 6.64. The molecule has 4 aliphatic carbocycles. The van der Waals surface area contributed by atoms with Gasteiger partial charge in [-0.2, -0.15) is 0 Å². The van der Waals surface area contributed by atoms with Gasteiger partial charge in [-0.1, -0.05) is 39.8 Å². The van der Waals surface area contributed by atoms with Crippen molar-refractivity contribution in [1.82, 2.24) is 0 Å². The Labute approximate surface area is 144 Å². The molecular formula is C20H29I. The number of fused-ring (bicyclic) bond motifs is 3. The standard InChI is InChI=1S/C20H29I/c1-2-13-3-9-17-18-10-6-15(12-20(18)19(17)11-13)14-4-7-16(21)8-5-14/h2,13-16,18,20H,1,3-12H2. The fraction of sp³-hybridized carbons (Fsp3) is 0.800. The zero-order chi connectivity index (χ0) is 14.4. The van der Waals surface area contributed by atoms with Gasteiger partial charge in [0.05, 0.1) is 0 Å². The summed E-state index contributed by atoms with van der Waals surface area (Å²) in [6.07, 6.45) is 17.0. The van der Waals surface area contributed by atoms with E-state index in [0.29, 0.717) is 0 Å².